The van der Waals surface area contributed by atoms with Gasteiger partial charge in [-0.25, -0.2) is 9.78 Å². The topological polar surface area (TPSA) is 82.7 Å². The Morgan fingerprint density at radius 1 is 1.37 bits per heavy atom. The molecule has 0 fully saturated rings. The van der Waals surface area contributed by atoms with Crippen LogP contribution in [-0.4, -0.2) is 54.7 Å². The van der Waals surface area contributed by atoms with E-state index in [1.807, 2.05) is 14.1 Å². The van der Waals surface area contributed by atoms with Gasteiger partial charge in [0.1, 0.15) is 5.82 Å². The summed E-state index contributed by atoms with van der Waals surface area (Å²) >= 11 is 0. The molecule has 1 aromatic heterocycles. The van der Waals surface area contributed by atoms with Crippen molar-refractivity contribution < 1.29 is 9.90 Å². The molecular weight excluding hydrogens is 244 g/mol. The van der Waals surface area contributed by atoms with Crippen molar-refractivity contribution in [1.82, 2.24) is 9.88 Å². The largest absolute Gasteiger partial charge is 0.478 e. The van der Waals surface area contributed by atoms with Gasteiger partial charge in [-0.2, -0.15) is 0 Å². The van der Waals surface area contributed by atoms with Gasteiger partial charge in [-0.15, -0.1) is 0 Å². The third kappa shape index (κ3) is 4.40. The molecule has 19 heavy (non-hydrogen) atoms. The van der Waals surface area contributed by atoms with E-state index in [-0.39, 0.29) is 11.3 Å². The van der Waals surface area contributed by atoms with Crippen LogP contribution < -0.4 is 10.6 Å². The van der Waals surface area contributed by atoms with Crippen LogP contribution in [0.5, 0.6) is 0 Å². The number of hydrogen-bond donors (Lipinski definition) is 2. The highest BCUT2D eigenvalue weighted by molar-refractivity contribution is 5.94. The van der Waals surface area contributed by atoms with E-state index in [0.717, 1.165) is 26.1 Å². The fourth-order valence-electron chi connectivity index (χ4n) is 1.74. The molecule has 0 aliphatic carbocycles. The summed E-state index contributed by atoms with van der Waals surface area (Å²) in [6, 6.07) is 1.54. The highest BCUT2D eigenvalue weighted by atomic mass is 16.4. The minimum Gasteiger partial charge on any atom is -0.478 e. The van der Waals surface area contributed by atoms with Crippen LogP contribution in [0.2, 0.25) is 0 Å². The van der Waals surface area contributed by atoms with Crippen molar-refractivity contribution in [2.24, 2.45) is 0 Å². The van der Waals surface area contributed by atoms with Crippen molar-refractivity contribution in [2.45, 2.75) is 13.3 Å². The van der Waals surface area contributed by atoms with Gasteiger partial charge in [-0.3, -0.25) is 0 Å². The first kappa shape index (κ1) is 15.2. The van der Waals surface area contributed by atoms with E-state index in [1.165, 1.54) is 6.20 Å². The number of nitrogens with two attached hydrogens (primary N) is 1. The summed E-state index contributed by atoms with van der Waals surface area (Å²) < 4.78 is 0. The second-order valence-electron chi connectivity index (χ2n) is 4.73. The van der Waals surface area contributed by atoms with Crippen LogP contribution in [0, 0.1) is 0 Å². The van der Waals surface area contributed by atoms with Crippen molar-refractivity contribution in [3.63, 3.8) is 0 Å². The number of pyridine rings is 1. The SMILES string of the molecule is CCCN(CCN(C)C)c1cc(C(=O)O)c(N)cn1. The third-order valence-corrected chi connectivity index (χ3v) is 2.79. The van der Waals surface area contributed by atoms with Crippen molar-refractivity contribution in [1.29, 1.82) is 0 Å². The van der Waals surface area contributed by atoms with Crippen LogP contribution in [0.15, 0.2) is 12.3 Å². The van der Waals surface area contributed by atoms with Crippen molar-refractivity contribution >= 4 is 17.5 Å². The second-order valence-corrected chi connectivity index (χ2v) is 4.73. The molecule has 0 bridgehead atoms. The van der Waals surface area contributed by atoms with Crippen LogP contribution in [0.1, 0.15) is 23.7 Å². The predicted octanol–water partition coefficient (Wildman–Crippen LogP) is 1.14. The molecule has 0 saturated heterocycles. The van der Waals surface area contributed by atoms with E-state index in [4.69, 9.17) is 10.8 Å². The number of anilines is 2. The Kier molecular flexibility index (Phi) is 5.57. The molecule has 106 valence electrons. The van der Waals surface area contributed by atoms with E-state index in [0.29, 0.717) is 5.82 Å². The van der Waals surface area contributed by atoms with Gasteiger partial charge in [-0.05, 0) is 26.6 Å². The van der Waals surface area contributed by atoms with Crippen molar-refractivity contribution in [2.75, 3.05) is 44.4 Å². The number of carboxylic acids is 1. The van der Waals surface area contributed by atoms with Crippen LogP contribution in [-0.2, 0) is 0 Å². The normalized spacial score (nSPS) is 10.7. The molecule has 0 atom stereocenters. The van der Waals surface area contributed by atoms with Gasteiger partial charge < -0.3 is 20.6 Å². The lowest BCUT2D eigenvalue weighted by atomic mass is 10.2. The second kappa shape index (κ2) is 6.94. The Morgan fingerprint density at radius 3 is 2.58 bits per heavy atom. The molecule has 6 heteroatoms. The first-order chi connectivity index (χ1) is 8.95. The van der Waals surface area contributed by atoms with Crippen LogP contribution in [0.3, 0.4) is 0 Å². The Bertz CT molecular complexity index is 435. The number of rotatable bonds is 7. The summed E-state index contributed by atoms with van der Waals surface area (Å²) in [6.07, 6.45) is 2.39. The molecule has 0 aliphatic heterocycles. The lowest BCUT2D eigenvalue weighted by molar-refractivity contribution is 0.0698. The molecule has 0 aromatic carbocycles. The summed E-state index contributed by atoms with van der Waals surface area (Å²) in [5.41, 5.74) is 5.92. The van der Waals surface area contributed by atoms with E-state index in [9.17, 15) is 4.79 Å². The summed E-state index contributed by atoms with van der Waals surface area (Å²) in [4.78, 5) is 19.5. The van der Waals surface area contributed by atoms with Gasteiger partial charge in [0.25, 0.3) is 0 Å². The van der Waals surface area contributed by atoms with Gasteiger partial charge in [0.15, 0.2) is 0 Å². The molecule has 0 spiro atoms. The van der Waals surface area contributed by atoms with Gasteiger partial charge in [0.05, 0.1) is 17.4 Å². The first-order valence-corrected chi connectivity index (χ1v) is 6.34. The zero-order chi connectivity index (χ0) is 14.4. The summed E-state index contributed by atoms with van der Waals surface area (Å²) in [6.45, 7) is 4.60. The number of carboxylic acid groups (broad SMARTS) is 1. The third-order valence-electron chi connectivity index (χ3n) is 2.79. The number of aromatic carboxylic acids is 1. The molecule has 1 aromatic rings. The molecule has 1 heterocycles. The van der Waals surface area contributed by atoms with Gasteiger partial charge in [0, 0.05) is 19.6 Å². The minimum atomic E-state index is -1.02. The Morgan fingerprint density at radius 2 is 2.05 bits per heavy atom. The van der Waals surface area contributed by atoms with E-state index in [2.05, 4.69) is 21.7 Å². The summed E-state index contributed by atoms with van der Waals surface area (Å²) in [7, 11) is 4.01. The average Bonchev–Trinajstić information content (AvgIpc) is 2.34. The maximum absolute atomic E-state index is 11.1. The van der Waals surface area contributed by atoms with Crippen LogP contribution >= 0.6 is 0 Å². The van der Waals surface area contributed by atoms with Crippen molar-refractivity contribution in [3.05, 3.63) is 17.8 Å². The van der Waals surface area contributed by atoms with Crippen LogP contribution in [0.4, 0.5) is 11.5 Å². The van der Waals surface area contributed by atoms with Crippen LogP contribution in [0.25, 0.3) is 0 Å². The van der Waals surface area contributed by atoms with E-state index < -0.39 is 5.97 Å². The number of nitrogen functional groups attached to an aromatic ring is 1. The Hall–Kier alpha value is -1.82. The fraction of sp³-hybridized carbons (Fsp3) is 0.538. The van der Waals surface area contributed by atoms with Gasteiger partial charge in [-0.1, -0.05) is 6.92 Å². The lowest BCUT2D eigenvalue weighted by Crippen LogP contribution is -2.33. The van der Waals surface area contributed by atoms with Gasteiger partial charge in [0.2, 0.25) is 0 Å². The molecule has 6 nitrogen and oxygen atoms in total. The number of nitrogens with zero attached hydrogens (tertiary/aromatic N) is 3. The van der Waals surface area contributed by atoms with Crippen molar-refractivity contribution in [3.8, 4) is 0 Å². The maximum atomic E-state index is 11.1. The molecule has 0 amide bonds. The summed E-state index contributed by atoms with van der Waals surface area (Å²) in [5.74, 6) is -0.361. The average molecular weight is 266 g/mol. The zero-order valence-electron chi connectivity index (χ0n) is 11.8. The van der Waals surface area contributed by atoms with E-state index in [1.54, 1.807) is 6.07 Å². The lowest BCUT2D eigenvalue weighted by Gasteiger charge is -2.25. The number of likely N-dealkylation sites (N-methyl/N-ethyl adjacent to an activating group) is 1. The zero-order valence-corrected chi connectivity index (χ0v) is 11.8. The molecule has 0 aliphatic rings. The molecule has 0 radical (unpaired) electrons. The van der Waals surface area contributed by atoms with E-state index >= 15 is 0 Å². The molecule has 1 rings (SSSR count). The Balaban J connectivity index is 2.95. The molecule has 0 saturated carbocycles. The summed E-state index contributed by atoms with van der Waals surface area (Å²) in [5, 5.41) is 9.09. The molecule has 3 N–H and O–H groups in total. The highest BCUT2D eigenvalue weighted by Crippen LogP contribution is 2.18. The first-order valence-electron chi connectivity index (χ1n) is 6.34. The standard InChI is InChI=1S/C13H22N4O2/c1-4-5-17(7-6-16(2)3)12-8-10(13(18)19)11(14)9-15-12/h8-9H,4-7,14H2,1-3H3,(H,18,19). The molecule has 0 unspecified atom stereocenters. The minimum absolute atomic E-state index is 0.107. The monoisotopic (exact) mass is 266 g/mol. The quantitative estimate of drug-likeness (QED) is 0.770. The molecular formula is C13H22N4O2. The smallest absolute Gasteiger partial charge is 0.337 e. The Labute approximate surface area is 113 Å². The number of aromatic nitrogens is 1. The predicted molar refractivity (Wildman–Crippen MR) is 76.7 cm³/mol. The maximum Gasteiger partial charge on any atom is 0.337 e. The van der Waals surface area contributed by atoms with Gasteiger partial charge >= 0.3 is 5.97 Å². The number of hydrogen-bond acceptors (Lipinski definition) is 5. The fourth-order valence-corrected chi connectivity index (χ4v) is 1.74. The number of carbonyl (C=O) groups is 1. The highest BCUT2D eigenvalue weighted by Gasteiger charge is 2.13.